The van der Waals surface area contributed by atoms with Gasteiger partial charge in [0.15, 0.2) is 5.16 Å². The van der Waals surface area contributed by atoms with Crippen LogP contribution < -0.4 is 10.3 Å². The Morgan fingerprint density at radius 1 is 1.19 bits per heavy atom. The Kier molecular flexibility index (Phi) is 4.98. The van der Waals surface area contributed by atoms with Crippen molar-refractivity contribution in [3.05, 3.63) is 64.4 Å². The summed E-state index contributed by atoms with van der Waals surface area (Å²) in [5.74, 6) is 1.66. The molecule has 1 aliphatic carbocycles. The number of benzene rings is 2. The van der Waals surface area contributed by atoms with Crippen LogP contribution in [0.4, 0.5) is 0 Å². The van der Waals surface area contributed by atoms with Gasteiger partial charge in [0.25, 0.3) is 5.56 Å². The number of rotatable bonds is 7. The number of para-hydroxylation sites is 1. The average Bonchev–Trinajstić information content (AvgIpc) is 3.50. The lowest BCUT2D eigenvalue weighted by atomic mass is 10.2. The van der Waals surface area contributed by atoms with Crippen LogP contribution in [0.5, 0.6) is 5.75 Å². The molecule has 0 unspecified atom stereocenters. The van der Waals surface area contributed by atoms with E-state index in [0.717, 1.165) is 41.4 Å². The number of ether oxygens (including phenoxy) is 1. The molecule has 0 bridgehead atoms. The summed E-state index contributed by atoms with van der Waals surface area (Å²) in [7, 11) is 0. The molecule has 3 aromatic rings. The van der Waals surface area contributed by atoms with Crippen LogP contribution in [0.2, 0.25) is 0 Å². The lowest BCUT2D eigenvalue weighted by Gasteiger charge is -2.12. The zero-order valence-electron chi connectivity index (χ0n) is 14.9. The van der Waals surface area contributed by atoms with Crippen molar-refractivity contribution in [2.45, 2.75) is 37.4 Å². The van der Waals surface area contributed by atoms with Crippen LogP contribution in [0.3, 0.4) is 0 Å². The van der Waals surface area contributed by atoms with Crippen molar-refractivity contribution in [3.8, 4) is 5.75 Å². The fourth-order valence-corrected chi connectivity index (χ4v) is 3.91. The summed E-state index contributed by atoms with van der Waals surface area (Å²) in [6.45, 7) is 2.72. The third-order valence-electron chi connectivity index (χ3n) is 4.58. The van der Waals surface area contributed by atoms with Gasteiger partial charge >= 0.3 is 0 Å². The van der Waals surface area contributed by atoms with Gasteiger partial charge in [0.05, 0.1) is 17.5 Å². The van der Waals surface area contributed by atoms with Crippen molar-refractivity contribution in [1.29, 1.82) is 0 Å². The zero-order valence-corrected chi connectivity index (χ0v) is 15.7. The van der Waals surface area contributed by atoms with E-state index >= 15 is 0 Å². The Hall–Kier alpha value is -2.27. The molecule has 5 heteroatoms. The van der Waals surface area contributed by atoms with Crippen LogP contribution in [0.1, 0.15) is 31.4 Å². The first-order chi connectivity index (χ1) is 12.8. The van der Waals surface area contributed by atoms with Gasteiger partial charge in [-0.05, 0) is 49.1 Å². The minimum absolute atomic E-state index is 0.0807. The monoisotopic (exact) mass is 366 g/mol. The van der Waals surface area contributed by atoms with Gasteiger partial charge in [-0.2, -0.15) is 0 Å². The lowest BCUT2D eigenvalue weighted by Crippen LogP contribution is -2.22. The summed E-state index contributed by atoms with van der Waals surface area (Å²) in [5, 5.41) is 1.51. The van der Waals surface area contributed by atoms with E-state index in [2.05, 4.69) is 19.1 Å². The molecule has 26 heavy (non-hydrogen) atoms. The van der Waals surface area contributed by atoms with Crippen molar-refractivity contribution >= 4 is 22.7 Å². The van der Waals surface area contributed by atoms with Crippen LogP contribution in [-0.2, 0) is 6.42 Å². The van der Waals surface area contributed by atoms with Gasteiger partial charge in [-0.15, -0.1) is 0 Å². The standard InChI is InChI=1S/C21H22N2O2S/c1-2-15-6-5-7-17(14-15)25-12-13-26-21-22-19-9-4-3-8-18(19)20(24)23(21)16-10-11-16/h3-9,14,16H,2,10-13H2,1H3. The van der Waals surface area contributed by atoms with Gasteiger partial charge in [0, 0.05) is 11.8 Å². The second-order valence-corrected chi connectivity index (χ2v) is 7.58. The van der Waals surface area contributed by atoms with Crippen molar-refractivity contribution in [2.24, 2.45) is 0 Å². The maximum Gasteiger partial charge on any atom is 0.262 e. The summed E-state index contributed by atoms with van der Waals surface area (Å²) >= 11 is 1.60. The maximum atomic E-state index is 12.8. The molecule has 1 saturated carbocycles. The topological polar surface area (TPSA) is 44.1 Å². The lowest BCUT2D eigenvalue weighted by molar-refractivity contribution is 0.343. The molecule has 4 nitrogen and oxygen atoms in total. The Labute approximate surface area is 157 Å². The third kappa shape index (κ3) is 3.63. The summed E-state index contributed by atoms with van der Waals surface area (Å²) in [4.78, 5) is 17.6. The summed E-state index contributed by atoms with van der Waals surface area (Å²) < 4.78 is 7.75. The summed E-state index contributed by atoms with van der Waals surface area (Å²) in [6, 6.07) is 16.1. The molecular formula is C21H22N2O2S. The van der Waals surface area contributed by atoms with E-state index in [1.807, 2.05) is 41.0 Å². The molecule has 0 aliphatic heterocycles. The number of thioether (sulfide) groups is 1. The van der Waals surface area contributed by atoms with E-state index in [9.17, 15) is 4.79 Å². The van der Waals surface area contributed by atoms with Crippen molar-refractivity contribution in [1.82, 2.24) is 9.55 Å². The van der Waals surface area contributed by atoms with Crippen LogP contribution >= 0.6 is 11.8 Å². The first-order valence-electron chi connectivity index (χ1n) is 9.12. The number of aryl methyl sites for hydroxylation is 1. The second-order valence-electron chi connectivity index (χ2n) is 6.52. The molecule has 1 fully saturated rings. The molecule has 0 N–H and O–H groups in total. The van der Waals surface area contributed by atoms with Gasteiger partial charge in [0.2, 0.25) is 0 Å². The molecule has 0 saturated heterocycles. The molecule has 0 atom stereocenters. The van der Waals surface area contributed by atoms with Crippen LogP contribution in [0, 0.1) is 0 Å². The van der Waals surface area contributed by atoms with Crippen LogP contribution in [0.25, 0.3) is 10.9 Å². The van der Waals surface area contributed by atoms with Crippen molar-refractivity contribution in [3.63, 3.8) is 0 Å². The Bertz CT molecular complexity index is 979. The summed E-state index contributed by atoms with van der Waals surface area (Å²) in [6.07, 6.45) is 3.13. The molecule has 0 amide bonds. The normalized spacial score (nSPS) is 13.9. The predicted octanol–water partition coefficient (Wildman–Crippen LogP) is 4.46. The van der Waals surface area contributed by atoms with E-state index in [1.165, 1.54) is 5.56 Å². The van der Waals surface area contributed by atoms with Crippen LogP contribution in [-0.4, -0.2) is 21.9 Å². The molecule has 0 spiro atoms. The minimum Gasteiger partial charge on any atom is -0.493 e. The van der Waals surface area contributed by atoms with E-state index in [-0.39, 0.29) is 5.56 Å². The van der Waals surface area contributed by atoms with Gasteiger partial charge in [-0.25, -0.2) is 4.98 Å². The molecular weight excluding hydrogens is 344 g/mol. The molecule has 0 radical (unpaired) electrons. The first kappa shape index (κ1) is 17.2. The van der Waals surface area contributed by atoms with E-state index in [1.54, 1.807) is 11.8 Å². The van der Waals surface area contributed by atoms with Gasteiger partial charge < -0.3 is 4.74 Å². The van der Waals surface area contributed by atoms with Crippen molar-refractivity contribution < 1.29 is 4.74 Å². The Morgan fingerprint density at radius 2 is 2.04 bits per heavy atom. The zero-order chi connectivity index (χ0) is 17.9. The molecule has 1 aromatic heterocycles. The summed E-state index contributed by atoms with van der Waals surface area (Å²) in [5.41, 5.74) is 2.12. The van der Waals surface area contributed by atoms with Crippen molar-refractivity contribution in [2.75, 3.05) is 12.4 Å². The molecule has 2 aromatic carbocycles. The largest absolute Gasteiger partial charge is 0.493 e. The highest BCUT2D eigenvalue weighted by Crippen LogP contribution is 2.36. The number of aromatic nitrogens is 2. The number of fused-ring (bicyclic) bond motifs is 1. The highest BCUT2D eigenvalue weighted by molar-refractivity contribution is 7.99. The van der Waals surface area contributed by atoms with Gasteiger partial charge in [-0.1, -0.05) is 43.0 Å². The van der Waals surface area contributed by atoms with Crippen LogP contribution in [0.15, 0.2) is 58.5 Å². The fourth-order valence-electron chi connectivity index (χ4n) is 3.03. The SMILES string of the molecule is CCc1cccc(OCCSc2nc3ccccc3c(=O)n2C2CC2)c1. The number of hydrogen-bond donors (Lipinski definition) is 0. The predicted molar refractivity (Wildman–Crippen MR) is 106 cm³/mol. The Balaban J connectivity index is 1.48. The number of nitrogens with zero attached hydrogens (tertiary/aromatic N) is 2. The quantitative estimate of drug-likeness (QED) is 0.352. The fraction of sp³-hybridized carbons (Fsp3) is 0.333. The van der Waals surface area contributed by atoms with E-state index in [4.69, 9.17) is 9.72 Å². The van der Waals surface area contributed by atoms with E-state index < -0.39 is 0 Å². The first-order valence-corrected chi connectivity index (χ1v) is 10.1. The number of hydrogen-bond acceptors (Lipinski definition) is 4. The molecule has 134 valence electrons. The maximum absolute atomic E-state index is 12.8. The second kappa shape index (κ2) is 7.54. The van der Waals surface area contributed by atoms with Gasteiger partial charge in [-0.3, -0.25) is 9.36 Å². The third-order valence-corrected chi connectivity index (χ3v) is 5.49. The highest BCUT2D eigenvalue weighted by atomic mass is 32.2. The molecule has 1 aliphatic rings. The van der Waals surface area contributed by atoms with E-state index in [0.29, 0.717) is 18.0 Å². The smallest absolute Gasteiger partial charge is 0.262 e. The molecule has 1 heterocycles. The average molecular weight is 366 g/mol. The Morgan fingerprint density at radius 3 is 2.85 bits per heavy atom. The van der Waals surface area contributed by atoms with Gasteiger partial charge in [0.1, 0.15) is 5.75 Å². The molecule has 4 rings (SSSR count). The highest BCUT2D eigenvalue weighted by Gasteiger charge is 2.28. The minimum atomic E-state index is 0.0807.